The van der Waals surface area contributed by atoms with Crippen LogP contribution in [-0.2, 0) is 0 Å². The van der Waals surface area contributed by atoms with E-state index in [0.717, 1.165) is 11.5 Å². The number of rotatable bonds is 3. The largest absolute Gasteiger partial charge is 0.309 e. The van der Waals surface area contributed by atoms with Crippen LogP contribution in [0.25, 0.3) is 86.4 Å². The Hall–Kier alpha value is -5.71. The molecule has 3 nitrogen and oxygen atoms in total. The fourth-order valence-electron chi connectivity index (χ4n) is 7.26. The summed E-state index contributed by atoms with van der Waals surface area (Å²) in [6.45, 7) is 0. The van der Waals surface area contributed by atoms with Crippen molar-refractivity contribution in [3.63, 3.8) is 0 Å². The van der Waals surface area contributed by atoms with E-state index >= 15 is 0 Å². The lowest BCUT2D eigenvalue weighted by molar-refractivity contribution is 1.11. The normalized spacial score (nSPS) is 12.0. The summed E-state index contributed by atoms with van der Waals surface area (Å²) in [5.41, 5.74) is 8.39. The molecule has 10 rings (SSSR count). The van der Waals surface area contributed by atoms with E-state index in [0.29, 0.717) is 0 Å². The van der Waals surface area contributed by atoms with E-state index in [-0.39, 0.29) is 0 Å². The number of aromatic nitrogens is 3. The number of hydrogen-bond donors (Lipinski definition) is 0. The van der Waals surface area contributed by atoms with Crippen molar-refractivity contribution in [2.45, 2.75) is 0 Å². The molecule has 10 aromatic rings. The highest BCUT2D eigenvalue weighted by atomic mass is 32.1. The van der Waals surface area contributed by atoms with E-state index in [1.165, 1.54) is 74.9 Å². The van der Waals surface area contributed by atoms with Gasteiger partial charge in [-0.15, -0.1) is 11.3 Å². The summed E-state index contributed by atoms with van der Waals surface area (Å²) in [7, 11) is 0. The van der Waals surface area contributed by atoms with Crippen LogP contribution in [0.5, 0.6) is 0 Å². The quantitative estimate of drug-likeness (QED) is 0.200. The van der Waals surface area contributed by atoms with E-state index in [4.69, 9.17) is 4.98 Å². The minimum Gasteiger partial charge on any atom is -0.309 e. The molecule has 0 N–H and O–H groups in total. The molecule has 0 atom stereocenters. The van der Waals surface area contributed by atoms with Crippen molar-refractivity contribution in [2.75, 3.05) is 0 Å². The van der Waals surface area contributed by atoms with E-state index in [1.54, 1.807) is 0 Å². The zero-order valence-corrected chi connectivity index (χ0v) is 25.0. The summed E-state index contributed by atoms with van der Waals surface area (Å²) in [5.74, 6) is 0.986. The minimum absolute atomic E-state index is 0.986. The number of benzene rings is 6. The molecule has 0 aliphatic carbocycles. The average Bonchev–Trinajstić information content (AvgIpc) is 3.76. The van der Waals surface area contributed by atoms with Crippen molar-refractivity contribution in [3.05, 3.63) is 152 Å². The Kier molecular flexibility index (Phi) is 5.16. The van der Waals surface area contributed by atoms with Gasteiger partial charge in [0.25, 0.3) is 0 Å². The van der Waals surface area contributed by atoms with E-state index in [9.17, 15) is 0 Å². The first-order valence-electron chi connectivity index (χ1n) is 15.2. The van der Waals surface area contributed by atoms with Crippen LogP contribution in [0.15, 0.2) is 152 Å². The maximum atomic E-state index is 5.04. The molecule has 0 fully saturated rings. The third-order valence-corrected chi connectivity index (χ3v) is 10.4. The number of thiophene rings is 1. The van der Waals surface area contributed by atoms with Crippen molar-refractivity contribution in [3.8, 4) is 22.6 Å². The summed E-state index contributed by atoms with van der Waals surface area (Å²) >= 11 is 1.84. The summed E-state index contributed by atoms with van der Waals surface area (Å²) in [4.78, 5) is 5.04. The Morgan fingerprint density at radius 1 is 0.422 bits per heavy atom. The molecular weight excluding hydrogens is 567 g/mol. The molecule has 0 amide bonds. The molecule has 4 heteroatoms. The maximum Gasteiger partial charge on any atom is 0.155 e. The Morgan fingerprint density at radius 2 is 1.02 bits per heavy atom. The Labute approximate surface area is 262 Å². The molecule has 0 spiro atoms. The van der Waals surface area contributed by atoms with Gasteiger partial charge in [-0.3, -0.25) is 4.57 Å². The van der Waals surface area contributed by atoms with Gasteiger partial charge in [0.1, 0.15) is 0 Å². The smallest absolute Gasteiger partial charge is 0.155 e. The Bertz CT molecular complexity index is 2690. The van der Waals surface area contributed by atoms with Crippen LogP contribution >= 0.6 is 11.3 Å². The summed E-state index contributed by atoms with van der Waals surface area (Å²) in [5, 5.41) is 7.59. The van der Waals surface area contributed by atoms with Gasteiger partial charge in [0.2, 0.25) is 0 Å². The predicted molar refractivity (Wildman–Crippen MR) is 191 cm³/mol. The standard InChI is InChI=1S/C41H25N3S/c1-2-10-26(11-3-1)27-18-20-28(21-19-27)43-35-17-9-6-14-31(35)38-36(43)22-23-37-39(38)32-24-25-42-41(40(32)45-37)44-33-15-7-4-12-29(33)30-13-5-8-16-34(30)44/h1-25H. The number of hydrogen-bond acceptors (Lipinski definition) is 2. The molecule has 210 valence electrons. The molecule has 0 aliphatic heterocycles. The van der Waals surface area contributed by atoms with E-state index < -0.39 is 0 Å². The minimum atomic E-state index is 0.986. The fourth-order valence-corrected chi connectivity index (χ4v) is 8.45. The summed E-state index contributed by atoms with van der Waals surface area (Å²) in [6, 6.07) is 52.4. The van der Waals surface area contributed by atoms with Gasteiger partial charge in [-0.05, 0) is 59.7 Å². The second-order valence-electron chi connectivity index (χ2n) is 11.6. The van der Waals surface area contributed by atoms with Crippen molar-refractivity contribution in [1.82, 2.24) is 14.1 Å². The lowest BCUT2D eigenvalue weighted by Gasteiger charge is -2.09. The fraction of sp³-hybridized carbons (Fsp3) is 0. The third kappa shape index (κ3) is 3.48. The van der Waals surface area contributed by atoms with Crippen LogP contribution < -0.4 is 0 Å². The maximum absolute atomic E-state index is 5.04. The van der Waals surface area contributed by atoms with Crippen molar-refractivity contribution < 1.29 is 0 Å². The SMILES string of the molecule is c1ccc(-c2ccc(-n3c4ccccc4c4c5c(ccc43)sc3c(-n4c6ccccc6c6ccccc64)nccc35)cc2)cc1. The van der Waals surface area contributed by atoms with Crippen molar-refractivity contribution in [2.24, 2.45) is 0 Å². The molecule has 0 radical (unpaired) electrons. The summed E-state index contributed by atoms with van der Waals surface area (Å²) < 4.78 is 7.24. The highest BCUT2D eigenvalue weighted by molar-refractivity contribution is 7.26. The molecule has 0 bridgehead atoms. The van der Waals surface area contributed by atoms with E-state index in [1.807, 2.05) is 17.5 Å². The van der Waals surface area contributed by atoms with Gasteiger partial charge in [0.05, 0.1) is 26.8 Å². The third-order valence-electron chi connectivity index (χ3n) is 9.19. The van der Waals surface area contributed by atoms with E-state index in [2.05, 4.69) is 155 Å². The van der Waals surface area contributed by atoms with Crippen LogP contribution in [0.1, 0.15) is 0 Å². The molecule has 0 aliphatic rings. The topological polar surface area (TPSA) is 22.8 Å². The van der Waals surface area contributed by atoms with Crippen LogP contribution in [-0.4, -0.2) is 14.1 Å². The van der Waals surface area contributed by atoms with Crippen molar-refractivity contribution in [1.29, 1.82) is 0 Å². The highest BCUT2D eigenvalue weighted by Gasteiger charge is 2.21. The summed E-state index contributed by atoms with van der Waals surface area (Å²) in [6.07, 6.45) is 1.98. The first-order chi connectivity index (χ1) is 22.3. The number of fused-ring (bicyclic) bond motifs is 10. The lowest BCUT2D eigenvalue weighted by atomic mass is 10.1. The van der Waals surface area contributed by atoms with Crippen LogP contribution in [0.2, 0.25) is 0 Å². The van der Waals surface area contributed by atoms with Gasteiger partial charge in [0, 0.05) is 48.9 Å². The second kappa shape index (κ2) is 9.39. The van der Waals surface area contributed by atoms with Gasteiger partial charge in [0.15, 0.2) is 5.82 Å². The molecule has 6 aromatic carbocycles. The molecule has 0 saturated heterocycles. The molecule has 0 unspecified atom stereocenters. The van der Waals surface area contributed by atoms with Crippen LogP contribution in [0.3, 0.4) is 0 Å². The van der Waals surface area contributed by atoms with Gasteiger partial charge in [-0.1, -0.05) is 97.1 Å². The molecule has 4 aromatic heterocycles. The van der Waals surface area contributed by atoms with Gasteiger partial charge in [-0.2, -0.15) is 0 Å². The molecule has 4 heterocycles. The zero-order chi connectivity index (χ0) is 29.5. The predicted octanol–water partition coefficient (Wildman–Crippen LogP) is 11.3. The highest BCUT2D eigenvalue weighted by Crippen LogP contribution is 2.45. The number of para-hydroxylation sites is 3. The molecule has 0 saturated carbocycles. The van der Waals surface area contributed by atoms with Gasteiger partial charge >= 0.3 is 0 Å². The lowest BCUT2D eigenvalue weighted by Crippen LogP contribution is -1.96. The first-order valence-corrected chi connectivity index (χ1v) is 16.0. The van der Waals surface area contributed by atoms with Gasteiger partial charge in [-0.25, -0.2) is 4.98 Å². The monoisotopic (exact) mass is 591 g/mol. The molecular formula is C41H25N3S. The number of pyridine rings is 1. The first kappa shape index (κ1) is 24.7. The molecule has 45 heavy (non-hydrogen) atoms. The van der Waals surface area contributed by atoms with Crippen LogP contribution in [0.4, 0.5) is 0 Å². The second-order valence-corrected chi connectivity index (χ2v) is 12.6. The number of nitrogens with zero attached hydrogens (tertiary/aromatic N) is 3. The zero-order valence-electron chi connectivity index (χ0n) is 24.2. The van der Waals surface area contributed by atoms with Crippen LogP contribution in [0, 0.1) is 0 Å². The Balaban J connectivity index is 1.26. The van der Waals surface area contributed by atoms with Gasteiger partial charge < -0.3 is 4.57 Å². The average molecular weight is 592 g/mol. The Morgan fingerprint density at radius 3 is 1.73 bits per heavy atom. The van der Waals surface area contributed by atoms with Crippen molar-refractivity contribution >= 4 is 75.1 Å².